The number of nitrogens with zero attached hydrogens (tertiary/aromatic N) is 1. The van der Waals surface area contributed by atoms with Gasteiger partial charge in [0.25, 0.3) is 0 Å². The molecule has 1 aliphatic heterocycles. The molecule has 1 heterocycles. The Morgan fingerprint density at radius 3 is 2.00 bits per heavy atom. The highest BCUT2D eigenvalue weighted by Crippen LogP contribution is 2.24. The molecule has 0 radical (unpaired) electrons. The van der Waals surface area contributed by atoms with Crippen LogP contribution >= 0.6 is 0 Å². The molecule has 1 aliphatic rings. The lowest BCUT2D eigenvalue weighted by atomic mass is 9.95. The molecule has 1 saturated heterocycles. The van der Waals surface area contributed by atoms with Crippen LogP contribution in [0.25, 0.3) is 0 Å². The minimum Gasteiger partial charge on any atom is -0.447 e. The van der Waals surface area contributed by atoms with Crippen LogP contribution in [0.4, 0.5) is 4.79 Å². The number of aliphatic hydroxyl groups is 1. The highest BCUT2D eigenvalue weighted by Gasteiger charge is 2.42. The number of amides is 2. The summed E-state index contributed by atoms with van der Waals surface area (Å²) in [6.07, 6.45) is 13.2. The molecule has 0 aromatic rings. The predicted octanol–water partition coefficient (Wildman–Crippen LogP) is 5.69. The monoisotopic (exact) mass is 397 g/mol. The van der Waals surface area contributed by atoms with Crippen LogP contribution in [0.3, 0.4) is 0 Å². The quantitative estimate of drug-likeness (QED) is 0.361. The summed E-state index contributed by atoms with van der Waals surface area (Å²) >= 11 is 0. The predicted molar refractivity (Wildman–Crippen MR) is 113 cm³/mol. The molecule has 3 atom stereocenters. The highest BCUT2D eigenvalue weighted by atomic mass is 16.6. The zero-order valence-electron chi connectivity index (χ0n) is 18.6. The number of ether oxygens (including phenoxy) is 1. The maximum absolute atomic E-state index is 12.7. The summed E-state index contributed by atoms with van der Waals surface area (Å²) in [6.45, 7) is 8.16. The molecule has 164 valence electrons. The maximum atomic E-state index is 12.7. The minimum absolute atomic E-state index is 0.145. The maximum Gasteiger partial charge on any atom is 0.416 e. The summed E-state index contributed by atoms with van der Waals surface area (Å²) in [5.41, 5.74) is 0. The molecular weight excluding hydrogens is 354 g/mol. The summed E-state index contributed by atoms with van der Waals surface area (Å²) in [5, 5.41) is 10.4. The van der Waals surface area contributed by atoms with Crippen molar-refractivity contribution in [1.29, 1.82) is 0 Å². The van der Waals surface area contributed by atoms with Crippen molar-refractivity contribution in [2.24, 2.45) is 11.8 Å². The van der Waals surface area contributed by atoms with Crippen LogP contribution in [0.5, 0.6) is 0 Å². The fourth-order valence-corrected chi connectivity index (χ4v) is 3.83. The van der Waals surface area contributed by atoms with Crippen LogP contribution < -0.4 is 0 Å². The van der Waals surface area contributed by atoms with Crippen molar-refractivity contribution < 1.29 is 19.4 Å². The van der Waals surface area contributed by atoms with E-state index in [1.807, 2.05) is 13.8 Å². The number of unbranched alkanes of at least 4 members (excludes halogenated alkanes) is 10. The van der Waals surface area contributed by atoms with E-state index in [2.05, 4.69) is 6.92 Å². The Labute approximate surface area is 172 Å². The minimum atomic E-state index is -0.702. The lowest BCUT2D eigenvalue weighted by Gasteiger charge is -2.27. The summed E-state index contributed by atoms with van der Waals surface area (Å²) in [4.78, 5) is 25.8. The molecule has 1 N–H and O–H groups in total. The third-order valence-corrected chi connectivity index (χ3v) is 5.98. The van der Waals surface area contributed by atoms with E-state index in [9.17, 15) is 14.7 Å². The van der Waals surface area contributed by atoms with Gasteiger partial charge in [-0.1, -0.05) is 98.3 Å². The summed E-state index contributed by atoms with van der Waals surface area (Å²) in [7, 11) is 0. The number of aliphatic hydroxyl groups excluding tert-OH is 1. The van der Waals surface area contributed by atoms with E-state index in [1.165, 1.54) is 62.7 Å². The van der Waals surface area contributed by atoms with Gasteiger partial charge in [0, 0.05) is 0 Å². The van der Waals surface area contributed by atoms with Gasteiger partial charge in [-0.3, -0.25) is 4.79 Å². The molecule has 1 fully saturated rings. The van der Waals surface area contributed by atoms with Gasteiger partial charge in [0.2, 0.25) is 5.91 Å². The number of imide groups is 1. The second kappa shape index (κ2) is 14.0. The van der Waals surface area contributed by atoms with E-state index in [-0.39, 0.29) is 24.5 Å². The second-order valence-corrected chi connectivity index (χ2v) is 8.78. The Hall–Kier alpha value is -1.10. The zero-order valence-corrected chi connectivity index (χ0v) is 18.6. The van der Waals surface area contributed by atoms with E-state index in [0.717, 1.165) is 12.8 Å². The number of hydrogen-bond acceptors (Lipinski definition) is 4. The van der Waals surface area contributed by atoms with Gasteiger partial charge in [0.15, 0.2) is 0 Å². The lowest BCUT2D eigenvalue weighted by Crippen LogP contribution is -2.46. The van der Waals surface area contributed by atoms with E-state index in [1.54, 1.807) is 6.92 Å². The molecule has 0 aliphatic carbocycles. The molecule has 5 heteroatoms. The summed E-state index contributed by atoms with van der Waals surface area (Å²) in [6, 6.07) is -0.225. The van der Waals surface area contributed by atoms with Crippen molar-refractivity contribution in [2.75, 3.05) is 6.61 Å². The van der Waals surface area contributed by atoms with Crippen molar-refractivity contribution in [3.05, 3.63) is 0 Å². The van der Waals surface area contributed by atoms with Gasteiger partial charge >= 0.3 is 6.09 Å². The first kappa shape index (κ1) is 24.9. The molecule has 1 rings (SSSR count). The average molecular weight is 398 g/mol. The van der Waals surface area contributed by atoms with Gasteiger partial charge < -0.3 is 9.84 Å². The van der Waals surface area contributed by atoms with Crippen molar-refractivity contribution in [3.8, 4) is 0 Å². The van der Waals surface area contributed by atoms with Crippen LogP contribution in [0.2, 0.25) is 0 Å². The van der Waals surface area contributed by atoms with Gasteiger partial charge in [0.05, 0.1) is 18.1 Å². The number of carbonyl (C=O) groups is 2. The lowest BCUT2D eigenvalue weighted by molar-refractivity contribution is -0.137. The standard InChI is InChI=1S/C23H43NO4/c1-5-6-7-8-9-10-11-12-13-14-15-16-21(25)19(4)22(26)24-20(18(2)3)17-28-23(24)27/h18-21,25H,5-17H2,1-4H3/t19-,20+,21+/m0/s1. The Kier molecular flexibility index (Phi) is 12.4. The van der Waals surface area contributed by atoms with Gasteiger partial charge in [-0.05, 0) is 12.3 Å². The van der Waals surface area contributed by atoms with Crippen molar-refractivity contribution in [3.63, 3.8) is 0 Å². The smallest absolute Gasteiger partial charge is 0.416 e. The number of carbonyl (C=O) groups excluding carboxylic acids is 2. The molecule has 0 saturated carbocycles. The van der Waals surface area contributed by atoms with Crippen LogP contribution in [-0.2, 0) is 9.53 Å². The molecule has 2 amide bonds. The van der Waals surface area contributed by atoms with Crippen LogP contribution in [0, 0.1) is 11.8 Å². The van der Waals surface area contributed by atoms with E-state index in [0.29, 0.717) is 6.42 Å². The third-order valence-electron chi connectivity index (χ3n) is 5.98. The van der Waals surface area contributed by atoms with Crippen LogP contribution in [0.1, 0.15) is 105 Å². The van der Waals surface area contributed by atoms with E-state index in [4.69, 9.17) is 4.74 Å². The largest absolute Gasteiger partial charge is 0.447 e. The van der Waals surface area contributed by atoms with E-state index >= 15 is 0 Å². The Bertz CT molecular complexity index is 452. The van der Waals surface area contributed by atoms with Crippen LogP contribution in [-0.4, -0.2) is 40.8 Å². The van der Waals surface area contributed by atoms with Gasteiger partial charge in [-0.2, -0.15) is 0 Å². The fourth-order valence-electron chi connectivity index (χ4n) is 3.83. The SMILES string of the molecule is CCCCCCCCCCCCC[C@@H](O)[C@H](C)C(=O)N1C(=O)OC[C@@H]1C(C)C. The summed E-state index contributed by atoms with van der Waals surface area (Å²) < 4.78 is 5.05. The molecule has 0 spiro atoms. The molecule has 0 unspecified atom stereocenters. The molecule has 5 nitrogen and oxygen atoms in total. The van der Waals surface area contributed by atoms with Gasteiger partial charge in [-0.25, -0.2) is 9.69 Å². The highest BCUT2D eigenvalue weighted by molar-refractivity contribution is 5.94. The molecule has 28 heavy (non-hydrogen) atoms. The first-order valence-electron chi connectivity index (χ1n) is 11.6. The molecule has 0 aromatic heterocycles. The van der Waals surface area contributed by atoms with Crippen molar-refractivity contribution in [2.45, 2.75) is 117 Å². The second-order valence-electron chi connectivity index (χ2n) is 8.78. The average Bonchev–Trinajstić information content (AvgIpc) is 3.06. The third kappa shape index (κ3) is 8.50. The first-order chi connectivity index (χ1) is 13.4. The van der Waals surface area contributed by atoms with Crippen LogP contribution in [0.15, 0.2) is 0 Å². The number of hydrogen-bond donors (Lipinski definition) is 1. The normalized spacial score (nSPS) is 19.1. The number of rotatable bonds is 15. The molecule has 0 aromatic carbocycles. The number of cyclic esters (lactones) is 1. The summed E-state index contributed by atoms with van der Waals surface area (Å²) in [5.74, 6) is -0.738. The Morgan fingerprint density at radius 1 is 1.00 bits per heavy atom. The van der Waals surface area contributed by atoms with Crippen molar-refractivity contribution >= 4 is 12.0 Å². The molecular formula is C23H43NO4. The van der Waals surface area contributed by atoms with E-state index < -0.39 is 18.1 Å². The van der Waals surface area contributed by atoms with Gasteiger partial charge in [0.1, 0.15) is 6.61 Å². The topological polar surface area (TPSA) is 66.8 Å². The van der Waals surface area contributed by atoms with Gasteiger partial charge in [-0.15, -0.1) is 0 Å². The molecule has 0 bridgehead atoms. The zero-order chi connectivity index (χ0) is 20.9. The first-order valence-corrected chi connectivity index (χ1v) is 11.6. The Morgan fingerprint density at radius 2 is 1.50 bits per heavy atom. The Balaban J connectivity index is 2.17. The fraction of sp³-hybridized carbons (Fsp3) is 0.913. The van der Waals surface area contributed by atoms with Crippen molar-refractivity contribution in [1.82, 2.24) is 4.90 Å².